The molecule has 0 amide bonds. The van der Waals surface area contributed by atoms with Crippen molar-refractivity contribution in [2.75, 3.05) is 7.11 Å². The van der Waals surface area contributed by atoms with Gasteiger partial charge in [0.2, 0.25) is 0 Å². The van der Waals surface area contributed by atoms with Crippen LogP contribution in [0, 0.1) is 0 Å². The molecule has 1 aromatic heterocycles. The molecule has 0 aliphatic rings. The van der Waals surface area contributed by atoms with Gasteiger partial charge < -0.3 is 4.74 Å². The average Bonchev–Trinajstić information content (AvgIpc) is 2.66. The van der Waals surface area contributed by atoms with Crippen LogP contribution in [0.5, 0.6) is 0 Å². The highest BCUT2D eigenvalue weighted by Gasteiger charge is 2.28. The fraction of sp³-hybridized carbons (Fsp3) is 0.667. The molecular weight excluding hydrogens is 218 g/mol. The molecule has 1 aromatic rings. The number of hydrogen-bond donors (Lipinski definition) is 1. The van der Waals surface area contributed by atoms with E-state index in [1.807, 2.05) is 13.2 Å². The minimum atomic E-state index is -0.685. The zero-order chi connectivity index (χ0) is 13.1. The molecule has 1 N–H and O–H groups in total. The molecule has 0 fully saturated rings. The number of hydrogen-bond acceptors (Lipinski definition) is 4. The van der Waals surface area contributed by atoms with Gasteiger partial charge in [0.25, 0.3) is 0 Å². The van der Waals surface area contributed by atoms with E-state index < -0.39 is 5.54 Å². The van der Waals surface area contributed by atoms with E-state index >= 15 is 0 Å². The van der Waals surface area contributed by atoms with E-state index in [0.717, 1.165) is 17.7 Å². The number of methoxy groups -OCH3 is 1. The van der Waals surface area contributed by atoms with Crippen molar-refractivity contribution < 1.29 is 9.53 Å². The predicted molar refractivity (Wildman–Crippen MR) is 65.5 cm³/mol. The van der Waals surface area contributed by atoms with Crippen LogP contribution in [0.3, 0.4) is 0 Å². The van der Waals surface area contributed by atoms with E-state index in [1.54, 1.807) is 18.5 Å². The number of rotatable bonds is 5. The Kier molecular flexibility index (Phi) is 4.28. The van der Waals surface area contributed by atoms with Crippen LogP contribution in [0.1, 0.15) is 32.0 Å². The van der Waals surface area contributed by atoms with Crippen LogP contribution in [-0.4, -0.2) is 28.4 Å². The summed E-state index contributed by atoms with van der Waals surface area (Å²) in [5.74, 6) is -0.264. The number of carbonyl (C=O) groups excluding carboxylic acids is 1. The van der Waals surface area contributed by atoms with Crippen LogP contribution in [0.4, 0.5) is 0 Å². The van der Waals surface area contributed by atoms with Crippen LogP contribution in [0.15, 0.2) is 6.20 Å². The molecule has 0 spiro atoms. The van der Waals surface area contributed by atoms with Crippen molar-refractivity contribution in [2.24, 2.45) is 7.05 Å². The molecule has 0 radical (unpaired) electrons. The molecule has 1 rings (SSSR count). The van der Waals surface area contributed by atoms with Crippen LogP contribution in [0.25, 0.3) is 0 Å². The van der Waals surface area contributed by atoms with Crippen molar-refractivity contribution in [3.05, 3.63) is 17.5 Å². The van der Waals surface area contributed by atoms with Gasteiger partial charge >= 0.3 is 5.97 Å². The molecule has 0 aliphatic carbocycles. The minimum absolute atomic E-state index is 0.264. The maximum absolute atomic E-state index is 11.5. The number of nitrogens with one attached hydrogen (secondary N) is 1. The second-order valence-corrected chi connectivity index (χ2v) is 4.60. The molecule has 0 aliphatic heterocycles. The average molecular weight is 239 g/mol. The Morgan fingerprint density at radius 2 is 2.24 bits per heavy atom. The Morgan fingerprint density at radius 1 is 1.59 bits per heavy atom. The second kappa shape index (κ2) is 5.31. The van der Waals surface area contributed by atoms with E-state index in [1.165, 1.54) is 7.11 Å². The van der Waals surface area contributed by atoms with Crippen molar-refractivity contribution in [3.8, 4) is 0 Å². The Labute approximate surface area is 102 Å². The molecular formula is C12H21N3O2. The number of esters is 1. The van der Waals surface area contributed by atoms with E-state index in [9.17, 15) is 4.79 Å². The zero-order valence-corrected chi connectivity index (χ0v) is 11.2. The van der Waals surface area contributed by atoms with Crippen molar-refractivity contribution in [2.45, 2.75) is 39.3 Å². The summed E-state index contributed by atoms with van der Waals surface area (Å²) in [5.41, 5.74) is 1.49. The summed E-state index contributed by atoms with van der Waals surface area (Å²) in [6, 6.07) is 0. The molecule has 1 heterocycles. The van der Waals surface area contributed by atoms with E-state index in [-0.39, 0.29) is 5.97 Å². The Bertz CT molecular complexity index is 396. The fourth-order valence-corrected chi connectivity index (χ4v) is 1.67. The number of aryl methyl sites for hydroxylation is 2. The molecule has 0 saturated heterocycles. The monoisotopic (exact) mass is 239 g/mol. The van der Waals surface area contributed by atoms with Crippen molar-refractivity contribution in [1.29, 1.82) is 0 Å². The minimum Gasteiger partial charge on any atom is -0.468 e. The first kappa shape index (κ1) is 13.7. The van der Waals surface area contributed by atoms with Crippen molar-refractivity contribution in [3.63, 3.8) is 0 Å². The summed E-state index contributed by atoms with van der Waals surface area (Å²) in [7, 11) is 3.29. The van der Waals surface area contributed by atoms with Crippen LogP contribution >= 0.6 is 0 Å². The summed E-state index contributed by atoms with van der Waals surface area (Å²) in [6.07, 6.45) is 2.86. The molecule has 0 bridgehead atoms. The summed E-state index contributed by atoms with van der Waals surface area (Å²) in [5, 5.41) is 7.54. The molecule has 0 aromatic carbocycles. The molecule has 5 heteroatoms. The van der Waals surface area contributed by atoms with Crippen LogP contribution in [0.2, 0.25) is 0 Å². The Hall–Kier alpha value is -1.36. The van der Waals surface area contributed by atoms with Gasteiger partial charge in [0.1, 0.15) is 5.54 Å². The lowest BCUT2D eigenvalue weighted by atomic mass is 10.1. The Balaban J connectivity index is 2.69. The lowest BCUT2D eigenvalue weighted by Gasteiger charge is -2.23. The number of nitrogens with zero attached hydrogens (tertiary/aromatic N) is 2. The standard InChI is InChI=1S/C12H21N3O2/c1-6-10-9(8-15(4)14-10)7-13-12(2,3)11(16)17-5/h8,13H,6-7H2,1-5H3. The van der Waals surface area contributed by atoms with Crippen molar-refractivity contribution >= 4 is 5.97 Å². The molecule has 96 valence electrons. The van der Waals surface area contributed by atoms with Gasteiger partial charge in [-0.2, -0.15) is 5.10 Å². The van der Waals surface area contributed by atoms with Crippen molar-refractivity contribution in [1.82, 2.24) is 15.1 Å². The van der Waals surface area contributed by atoms with E-state index in [2.05, 4.69) is 17.3 Å². The first-order valence-corrected chi connectivity index (χ1v) is 5.75. The second-order valence-electron chi connectivity index (χ2n) is 4.60. The summed E-state index contributed by atoms with van der Waals surface area (Å²) >= 11 is 0. The zero-order valence-electron chi connectivity index (χ0n) is 11.2. The summed E-state index contributed by atoms with van der Waals surface area (Å²) in [4.78, 5) is 11.5. The quantitative estimate of drug-likeness (QED) is 0.780. The number of carbonyl (C=O) groups is 1. The van der Waals surface area contributed by atoms with Gasteiger partial charge in [-0.15, -0.1) is 0 Å². The fourth-order valence-electron chi connectivity index (χ4n) is 1.67. The van der Waals surface area contributed by atoms with E-state index in [0.29, 0.717) is 6.54 Å². The first-order chi connectivity index (χ1) is 7.90. The summed E-state index contributed by atoms with van der Waals surface area (Å²) in [6.45, 7) is 6.29. The lowest BCUT2D eigenvalue weighted by Crippen LogP contribution is -2.47. The number of aromatic nitrogens is 2. The highest BCUT2D eigenvalue weighted by molar-refractivity contribution is 5.79. The predicted octanol–water partition coefficient (Wildman–Crippen LogP) is 1.02. The smallest absolute Gasteiger partial charge is 0.325 e. The third-order valence-corrected chi connectivity index (χ3v) is 2.74. The van der Waals surface area contributed by atoms with Gasteiger partial charge in [-0.3, -0.25) is 14.8 Å². The van der Waals surface area contributed by atoms with E-state index in [4.69, 9.17) is 4.74 Å². The third kappa shape index (κ3) is 3.30. The normalized spacial score (nSPS) is 11.6. The van der Waals surface area contributed by atoms with Gasteiger partial charge in [-0.1, -0.05) is 6.92 Å². The molecule has 0 saturated carbocycles. The molecule has 5 nitrogen and oxygen atoms in total. The largest absolute Gasteiger partial charge is 0.468 e. The maximum atomic E-state index is 11.5. The molecule has 0 atom stereocenters. The summed E-state index contributed by atoms with van der Waals surface area (Å²) < 4.78 is 6.54. The molecule has 17 heavy (non-hydrogen) atoms. The van der Waals surface area contributed by atoms with Gasteiger partial charge in [-0.25, -0.2) is 0 Å². The van der Waals surface area contributed by atoms with Gasteiger partial charge in [0.05, 0.1) is 12.8 Å². The lowest BCUT2D eigenvalue weighted by molar-refractivity contribution is -0.147. The van der Waals surface area contributed by atoms with Crippen LogP contribution < -0.4 is 5.32 Å². The highest BCUT2D eigenvalue weighted by Crippen LogP contribution is 2.10. The van der Waals surface area contributed by atoms with Gasteiger partial charge in [0.15, 0.2) is 0 Å². The Morgan fingerprint density at radius 3 is 2.76 bits per heavy atom. The van der Waals surface area contributed by atoms with Crippen LogP contribution in [-0.2, 0) is 29.5 Å². The number of ether oxygens (including phenoxy) is 1. The topological polar surface area (TPSA) is 56.2 Å². The van der Waals surface area contributed by atoms with Gasteiger partial charge in [0, 0.05) is 25.4 Å². The SMILES string of the molecule is CCc1nn(C)cc1CNC(C)(C)C(=O)OC. The van der Waals surface area contributed by atoms with Gasteiger partial charge in [-0.05, 0) is 20.3 Å². The maximum Gasteiger partial charge on any atom is 0.325 e. The third-order valence-electron chi connectivity index (χ3n) is 2.74. The highest BCUT2D eigenvalue weighted by atomic mass is 16.5. The molecule has 0 unspecified atom stereocenters. The first-order valence-electron chi connectivity index (χ1n) is 5.75.